The fourth-order valence-electron chi connectivity index (χ4n) is 4.36. The molecule has 1 aromatic carbocycles. The predicted octanol–water partition coefficient (Wildman–Crippen LogP) is 3.08. The molecule has 1 saturated heterocycles. The number of benzene rings is 1. The maximum absolute atomic E-state index is 13.2. The molecule has 0 spiro atoms. The lowest BCUT2D eigenvalue weighted by Crippen LogP contribution is -2.46. The molecule has 2 aromatic rings. The monoisotopic (exact) mass is 366 g/mol. The summed E-state index contributed by atoms with van der Waals surface area (Å²) < 4.78 is 0. The van der Waals surface area contributed by atoms with Gasteiger partial charge in [-0.3, -0.25) is 9.78 Å². The van der Waals surface area contributed by atoms with Crippen LogP contribution in [-0.4, -0.2) is 43.9 Å². The first-order valence-electron chi connectivity index (χ1n) is 9.32. The van der Waals surface area contributed by atoms with E-state index in [1.54, 1.807) is 41.7 Å². The highest BCUT2D eigenvalue weighted by molar-refractivity contribution is 5.98. The molecule has 27 heavy (non-hydrogen) atoms. The normalized spacial score (nSPS) is 24.3. The van der Waals surface area contributed by atoms with E-state index < -0.39 is 12.0 Å². The summed E-state index contributed by atoms with van der Waals surface area (Å²) in [6.45, 7) is 0. The largest absolute Gasteiger partial charge is 0.480 e. The smallest absolute Gasteiger partial charge is 0.326 e. The van der Waals surface area contributed by atoms with E-state index in [1.807, 2.05) is 6.07 Å². The summed E-state index contributed by atoms with van der Waals surface area (Å²) in [5.74, 6) is -0.241. The lowest BCUT2D eigenvalue weighted by atomic mass is 9.84. The number of nitrogens with zero attached hydrogens (tertiary/aromatic N) is 3. The summed E-state index contributed by atoms with van der Waals surface area (Å²) in [4.78, 5) is 34.8. The quantitative estimate of drug-likeness (QED) is 0.863. The van der Waals surface area contributed by atoms with Crippen LogP contribution in [0.4, 0.5) is 11.5 Å². The van der Waals surface area contributed by atoms with Crippen LogP contribution < -0.4 is 5.32 Å². The van der Waals surface area contributed by atoms with Crippen LogP contribution in [0.3, 0.4) is 0 Å². The van der Waals surface area contributed by atoms with Crippen LogP contribution in [0.15, 0.2) is 42.9 Å². The molecule has 3 atom stereocenters. The molecule has 0 bridgehead atoms. The molecule has 7 heteroatoms. The number of fused-ring (bicyclic) bond motifs is 1. The van der Waals surface area contributed by atoms with Crippen molar-refractivity contribution in [2.45, 2.75) is 44.2 Å². The number of carboxylic acid groups (broad SMARTS) is 1. The van der Waals surface area contributed by atoms with Gasteiger partial charge in [0.15, 0.2) is 0 Å². The molecule has 0 radical (unpaired) electrons. The number of anilines is 2. The minimum absolute atomic E-state index is 0.0314. The number of carboxylic acids is 1. The van der Waals surface area contributed by atoms with Crippen molar-refractivity contribution in [3.05, 3.63) is 48.4 Å². The van der Waals surface area contributed by atoms with Gasteiger partial charge in [-0.25, -0.2) is 9.78 Å². The first kappa shape index (κ1) is 17.5. The van der Waals surface area contributed by atoms with Gasteiger partial charge in [0.1, 0.15) is 11.9 Å². The number of carbonyl (C=O) groups excluding carboxylic acids is 1. The van der Waals surface area contributed by atoms with Gasteiger partial charge in [-0.05, 0) is 43.4 Å². The van der Waals surface area contributed by atoms with Gasteiger partial charge in [-0.1, -0.05) is 18.9 Å². The number of aromatic nitrogens is 2. The molecular formula is C20H22N4O3. The number of likely N-dealkylation sites (tertiary alicyclic amines) is 1. The Hall–Kier alpha value is -2.96. The highest BCUT2D eigenvalue weighted by Crippen LogP contribution is 2.40. The predicted molar refractivity (Wildman–Crippen MR) is 99.7 cm³/mol. The van der Waals surface area contributed by atoms with Gasteiger partial charge in [0.2, 0.25) is 0 Å². The van der Waals surface area contributed by atoms with E-state index >= 15 is 0 Å². The van der Waals surface area contributed by atoms with Crippen molar-refractivity contribution in [1.82, 2.24) is 14.9 Å². The zero-order valence-corrected chi connectivity index (χ0v) is 14.9. The fraction of sp³-hybridized carbons (Fsp3) is 0.400. The minimum atomic E-state index is -0.911. The number of nitrogens with one attached hydrogen (secondary N) is 1. The van der Waals surface area contributed by atoms with Crippen LogP contribution in [0.25, 0.3) is 0 Å². The van der Waals surface area contributed by atoms with E-state index in [2.05, 4.69) is 15.3 Å². The van der Waals surface area contributed by atoms with E-state index in [9.17, 15) is 14.7 Å². The minimum Gasteiger partial charge on any atom is -0.480 e. The Morgan fingerprint density at radius 2 is 2.04 bits per heavy atom. The van der Waals surface area contributed by atoms with Gasteiger partial charge in [-0.15, -0.1) is 0 Å². The van der Waals surface area contributed by atoms with Gasteiger partial charge < -0.3 is 15.3 Å². The van der Waals surface area contributed by atoms with E-state index in [0.29, 0.717) is 29.4 Å². The van der Waals surface area contributed by atoms with Gasteiger partial charge in [0, 0.05) is 29.7 Å². The summed E-state index contributed by atoms with van der Waals surface area (Å²) in [6, 6.07) is 6.40. The van der Waals surface area contributed by atoms with Crippen LogP contribution in [0, 0.1) is 5.92 Å². The van der Waals surface area contributed by atoms with Crippen LogP contribution in [-0.2, 0) is 4.79 Å². The lowest BCUT2D eigenvalue weighted by molar-refractivity contribution is -0.141. The third-order valence-corrected chi connectivity index (χ3v) is 5.55. The van der Waals surface area contributed by atoms with E-state index in [4.69, 9.17) is 0 Å². The van der Waals surface area contributed by atoms with Gasteiger partial charge in [0.05, 0.1) is 6.20 Å². The van der Waals surface area contributed by atoms with Crippen molar-refractivity contribution in [1.29, 1.82) is 0 Å². The van der Waals surface area contributed by atoms with Crippen molar-refractivity contribution in [2.75, 3.05) is 5.32 Å². The fourth-order valence-corrected chi connectivity index (χ4v) is 4.36. The van der Waals surface area contributed by atoms with Crippen LogP contribution in [0.5, 0.6) is 0 Å². The Balaban J connectivity index is 1.59. The Morgan fingerprint density at radius 1 is 1.19 bits per heavy atom. The standard InChI is InChI=1S/C20H22N4O3/c25-19(24-16-7-2-1-4-13(16)11-17(24)20(26)27)14-5-3-6-15(10-14)23-18-12-21-8-9-22-18/h3,5-6,8-10,12-13,16-17H,1-2,4,7,11H2,(H,22,23)(H,26,27)/t13-,16+,17-/m0/s1. The molecular weight excluding hydrogens is 344 g/mol. The third kappa shape index (κ3) is 3.49. The second-order valence-electron chi connectivity index (χ2n) is 7.21. The number of carbonyl (C=O) groups is 2. The zero-order valence-electron chi connectivity index (χ0n) is 14.9. The van der Waals surface area contributed by atoms with Crippen LogP contribution in [0.1, 0.15) is 42.5 Å². The Bertz CT molecular complexity index is 842. The zero-order chi connectivity index (χ0) is 18.8. The van der Waals surface area contributed by atoms with Gasteiger partial charge in [-0.2, -0.15) is 0 Å². The molecule has 1 saturated carbocycles. The molecule has 0 unspecified atom stereocenters. The van der Waals surface area contributed by atoms with Crippen LogP contribution in [0.2, 0.25) is 0 Å². The number of aliphatic carboxylic acids is 1. The summed E-state index contributed by atoms with van der Waals surface area (Å²) in [5, 5.41) is 12.8. The van der Waals surface area contributed by atoms with E-state index in [0.717, 1.165) is 25.7 Å². The first-order chi connectivity index (χ1) is 13.1. The van der Waals surface area contributed by atoms with Crippen molar-refractivity contribution in [2.24, 2.45) is 5.92 Å². The third-order valence-electron chi connectivity index (χ3n) is 5.55. The number of amides is 1. The summed E-state index contributed by atoms with van der Waals surface area (Å²) in [7, 11) is 0. The van der Waals surface area contributed by atoms with E-state index in [1.165, 1.54) is 0 Å². The lowest BCUT2D eigenvalue weighted by Gasteiger charge is -2.33. The molecule has 1 amide bonds. The molecule has 1 aromatic heterocycles. The van der Waals surface area contributed by atoms with Crippen molar-refractivity contribution in [3.8, 4) is 0 Å². The summed E-state index contributed by atoms with van der Waals surface area (Å²) in [5.41, 5.74) is 1.20. The molecule has 1 aliphatic carbocycles. The molecule has 2 N–H and O–H groups in total. The Morgan fingerprint density at radius 3 is 2.81 bits per heavy atom. The summed E-state index contributed by atoms with van der Waals surface area (Å²) >= 11 is 0. The molecule has 2 fully saturated rings. The average Bonchev–Trinajstić information content (AvgIpc) is 3.08. The Kier molecular flexibility index (Phi) is 4.75. The summed E-state index contributed by atoms with van der Waals surface area (Å²) in [6.07, 6.45) is 9.39. The van der Waals surface area contributed by atoms with Crippen molar-refractivity contribution < 1.29 is 14.7 Å². The molecule has 7 nitrogen and oxygen atoms in total. The maximum Gasteiger partial charge on any atom is 0.326 e. The van der Waals surface area contributed by atoms with Crippen molar-refractivity contribution in [3.63, 3.8) is 0 Å². The second-order valence-corrected chi connectivity index (χ2v) is 7.21. The topological polar surface area (TPSA) is 95.4 Å². The SMILES string of the molecule is O=C(O)[C@@H]1C[C@@H]2CCCC[C@H]2N1C(=O)c1cccc(Nc2cnccn2)c1. The second kappa shape index (κ2) is 7.34. The molecule has 2 aliphatic rings. The first-order valence-corrected chi connectivity index (χ1v) is 9.32. The molecule has 1 aliphatic heterocycles. The van der Waals surface area contributed by atoms with Gasteiger partial charge in [0.25, 0.3) is 5.91 Å². The number of hydrogen-bond donors (Lipinski definition) is 2. The number of hydrogen-bond acceptors (Lipinski definition) is 5. The van der Waals surface area contributed by atoms with E-state index in [-0.39, 0.29) is 11.9 Å². The maximum atomic E-state index is 13.2. The average molecular weight is 366 g/mol. The highest BCUT2D eigenvalue weighted by Gasteiger charge is 2.47. The molecule has 2 heterocycles. The molecule has 4 rings (SSSR count). The van der Waals surface area contributed by atoms with Gasteiger partial charge >= 0.3 is 5.97 Å². The highest BCUT2D eigenvalue weighted by atomic mass is 16.4. The number of rotatable bonds is 4. The van der Waals surface area contributed by atoms with Crippen molar-refractivity contribution >= 4 is 23.4 Å². The van der Waals surface area contributed by atoms with Crippen LogP contribution >= 0.6 is 0 Å². The molecule has 140 valence electrons. The Labute approximate surface area is 157 Å².